The lowest BCUT2D eigenvalue weighted by Crippen LogP contribution is -2.27. The van der Waals surface area contributed by atoms with Gasteiger partial charge in [0, 0.05) is 10.7 Å². The number of hydrogen-bond donors (Lipinski definition) is 1. The van der Waals surface area contributed by atoms with Crippen molar-refractivity contribution in [2.24, 2.45) is 0 Å². The molecule has 1 aliphatic rings. The second-order valence-electron chi connectivity index (χ2n) is 7.48. The van der Waals surface area contributed by atoms with Crippen LogP contribution in [0.3, 0.4) is 0 Å². The smallest absolute Gasteiger partial charge is 0.270 e. The largest absolute Gasteiger partial charge is 0.490 e. The van der Waals surface area contributed by atoms with Crippen LogP contribution in [0.5, 0.6) is 11.5 Å². The van der Waals surface area contributed by atoms with Gasteiger partial charge in [-0.1, -0.05) is 41.6 Å². The number of carbonyl (C=O) groups excluding carboxylic acids is 2. The molecule has 10 heteroatoms. The van der Waals surface area contributed by atoms with E-state index in [1.807, 2.05) is 6.92 Å². The quantitative estimate of drug-likeness (QED) is 0.266. The number of benzene rings is 3. The highest BCUT2D eigenvalue weighted by atomic mass is 35.5. The first-order chi connectivity index (χ1) is 17.3. The summed E-state index contributed by atoms with van der Waals surface area (Å²) < 4.78 is 24.8. The fourth-order valence-electron chi connectivity index (χ4n) is 3.31. The molecule has 0 aromatic heterocycles. The number of thioether (sulfide) groups is 1. The van der Waals surface area contributed by atoms with Gasteiger partial charge >= 0.3 is 0 Å². The van der Waals surface area contributed by atoms with Crippen LogP contribution in [0.25, 0.3) is 6.08 Å². The minimum atomic E-state index is -0.404. The van der Waals surface area contributed by atoms with Gasteiger partial charge in [0.2, 0.25) is 0 Å². The zero-order chi connectivity index (χ0) is 25.7. The van der Waals surface area contributed by atoms with Gasteiger partial charge in [0.15, 0.2) is 22.4 Å². The van der Waals surface area contributed by atoms with Crippen LogP contribution >= 0.6 is 35.6 Å². The van der Waals surface area contributed by atoms with Gasteiger partial charge in [-0.05, 0) is 79.2 Å². The summed E-state index contributed by atoms with van der Waals surface area (Å²) in [5.41, 5.74) is 1.81. The molecule has 0 aliphatic carbocycles. The van der Waals surface area contributed by atoms with Crippen LogP contribution in [0, 0.1) is 5.82 Å². The van der Waals surface area contributed by atoms with Crippen LogP contribution in [0.2, 0.25) is 5.02 Å². The number of halogens is 2. The van der Waals surface area contributed by atoms with Gasteiger partial charge in [-0.25, -0.2) is 4.39 Å². The molecule has 36 heavy (non-hydrogen) atoms. The lowest BCUT2D eigenvalue weighted by Gasteiger charge is -2.14. The van der Waals surface area contributed by atoms with E-state index in [2.05, 4.69) is 5.32 Å². The van der Waals surface area contributed by atoms with E-state index in [9.17, 15) is 14.0 Å². The molecule has 3 aromatic carbocycles. The summed E-state index contributed by atoms with van der Waals surface area (Å²) in [6, 6.07) is 17.5. The number of nitrogens with zero attached hydrogens (tertiary/aromatic N) is 1. The summed E-state index contributed by atoms with van der Waals surface area (Å²) in [7, 11) is 0. The molecule has 1 aliphatic heterocycles. The molecule has 0 atom stereocenters. The van der Waals surface area contributed by atoms with Crippen molar-refractivity contribution in [2.45, 2.75) is 6.92 Å². The molecule has 0 bridgehead atoms. The Kier molecular flexibility index (Phi) is 8.25. The average Bonchev–Trinajstić information content (AvgIpc) is 3.13. The molecule has 184 valence electrons. The van der Waals surface area contributed by atoms with Crippen molar-refractivity contribution in [2.75, 3.05) is 23.4 Å². The van der Waals surface area contributed by atoms with Gasteiger partial charge in [-0.3, -0.25) is 14.5 Å². The summed E-state index contributed by atoms with van der Waals surface area (Å²) in [6.07, 6.45) is 1.72. The van der Waals surface area contributed by atoms with E-state index in [4.69, 9.17) is 33.3 Å². The van der Waals surface area contributed by atoms with E-state index in [1.165, 1.54) is 40.9 Å². The molecule has 0 unspecified atom stereocenters. The highest BCUT2D eigenvalue weighted by molar-refractivity contribution is 8.27. The maximum Gasteiger partial charge on any atom is 0.270 e. The van der Waals surface area contributed by atoms with Gasteiger partial charge < -0.3 is 14.8 Å². The standard InChI is InChI=1S/C26H20ClFN2O4S2/c1-2-33-22-13-16(3-12-21(22)34-15-24(31)29-19-8-6-18(28)7-9-19)14-23-25(32)30(26(35)36-23)20-10-4-17(27)5-11-20/h3-14H,2,15H2,1H3,(H,29,31)/b23-14-. The molecule has 0 saturated carbocycles. The molecule has 0 radical (unpaired) electrons. The van der Waals surface area contributed by atoms with Crippen molar-refractivity contribution in [3.8, 4) is 11.5 Å². The van der Waals surface area contributed by atoms with E-state index in [0.29, 0.717) is 49.3 Å². The lowest BCUT2D eigenvalue weighted by atomic mass is 10.1. The molecule has 3 aromatic rings. The van der Waals surface area contributed by atoms with E-state index in [0.717, 1.165) is 0 Å². The van der Waals surface area contributed by atoms with Crippen LogP contribution in [0.4, 0.5) is 15.8 Å². The van der Waals surface area contributed by atoms with Crippen molar-refractivity contribution in [1.82, 2.24) is 0 Å². The predicted molar refractivity (Wildman–Crippen MR) is 145 cm³/mol. The zero-order valence-corrected chi connectivity index (χ0v) is 21.4. The molecule has 1 heterocycles. The minimum absolute atomic E-state index is 0.233. The third-order valence-corrected chi connectivity index (χ3v) is 6.48. The number of thiocarbonyl (C=S) groups is 1. The lowest BCUT2D eigenvalue weighted by molar-refractivity contribution is -0.118. The summed E-state index contributed by atoms with van der Waals surface area (Å²) in [4.78, 5) is 27.2. The number of hydrogen-bond acceptors (Lipinski definition) is 6. The fraction of sp³-hybridized carbons (Fsp3) is 0.115. The van der Waals surface area contributed by atoms with Crippen molar-refractivity contribution in [3.05, 3.63) is 88.0 Å². The third-order valence-electron chi connectivity index (χ3n) is 4.93. The van der Waals surface area contributed by atoms with Crippen molar-refractivity contribution < 1.29 is 23.5 Å². The molecule has 2 amide bonds. The van der Waals surface area contributed by atoms with Gasteiger partial charge in [-0.2, -0.15) is 0 Å². The highest BCUT2D eigenvalue weighted by Gasteiger charge is 2.33. The fourth-order valence-corrected chi connectivity index (χ4v) is 4.73. The Bertz CT molecular complexity index is 1330. The number of carbonyl (C=O) groups is 2. The summed E-state index contributed by atoms with van der Waals surface area (Å²) >= 11 is 12.6. The average molecular weight is 543 g/mol. The normalized spacial score (nSPS) is 14.3. The molecule has 1 fully saturated rings. The third kappa shape index (κ3) is 6.23. The number of rotatable bonds is 8. The van der Waals surface area contributed by atoms with Crippen LogP contribution in [-0.4, -0.2) is 29.3 Å². The highest BCUT2D eigenvalue weighted by Crippen LogP contribution is 2.37. The molecule has 1 saturated heterocycles. The van der Waals surface area contributed by atoms with Crippen molar-refractivity contribution in [1.29, 1.82) is 0 Å². The topological polar surface area (TPSA) is 67.9 Å². The Morgan fingerprint density at radius 1 is 1.08 bits per heavy atom. The van der Waals surface area contributed by atoms with Gasteiger partial charge in [0.25, 0.3) is 11.8 Å². The maximum absolute atomic E-state index is 13.0. The first-order valence-electron chi connectivity index (χ1n) is 10.8. The maximum atomic E-state index is 13.0. The summed E-state index contributed by atoms with van der Waals surface area (Å²) in [6.45, 7) is 1.94. The van der Waals surface area contributed by atoms with Gasteiger partial charge in [0.05, 0.1) is 17.2 Å². The van der Waals surface area contributed by atoms with E-state index < -0.39 is 11.7 Å². The minimum Gasteiger partial charge on any atom is -0.490 e. The Labute approximate surface area is 222 Å². The number of ether oxygens (including phenoxy) is 2. The van der Waals surface area contributed by atoms with Gasteiger partial charge in [0.1, 0.15) is 5.82 Å². The van der Waals surface area contributed by atoms with Crippen LogP contribution in [0.15, 0.2) is 71.6 Å². The van der Waals surface area contributed by atoms with Crippen molar-refractivity contribution >= 4 is 69.2 Å². The molecular formula is C26H20ClFN2O4S2. The van der Waals surface area contributed by atoms with Crippen LogP contribution in [-0.2, 0) is 9.59 Å². The SMILES string of the molecule is CCOc1cc(/C=C2\SC(=S)N(c3ccc(Cl)cc3)C2=O)ccc1OCC(=O)Nc1ccc(F)cc1. The number of amides is 2. The van der Waals surface area contributed by atoms with Crippen molar-refractivity contribution in [3.63, 3.8) is 0 Å². The zero-order valence-electron chi connectivity index (χ0n) is 19.0. The Morgan fingerprint density at radius 2 is 1.81 bits per heavy atom. The molecular weight excluding hydrogens is 523 g/mol. The van der Waals surface area contributed by atoms with Crippen LogP contribution in [0.1, 0.15) is 12.5 Å². The monoisotopic (exact) mass is 542 g/mol. The summed E-state index contributed by atoms with van der Waals surface area (Å²) in [5, 5.41) is 3.20. The first-order valence-corrected chi connectivity index (χ1v) is 12.4. The number of nitrogens with one attached hydrogen (secondary N) is 1. The first kappa shape index (κ1) is 25.7. The predicted octanol–water partition coefficient (Wildman–Crippen LogP) is 6.30. The molecule has 1 N–H and O–H groups in total. The van der Waals surface area contributed by atoms with Crippen LogP contribution < -0.4 is 19.7 Å². The van der Waals surface area contributed by atoms with E-state index in [1.54, 1.807) is 48.5 Å². The summed E-state index contributed by atoms with van der Waals surface area (Å²) in [5.74, 6) is -0.231. The second kappa shape index (κ2) is 11.6. The molecule has 0 spiro atoms. The van der Waals surface area contributed by atoms with Gasteiger partial charge in [-0.15, -0.1) is 0 Å². The second-order valence-corrected chi connectivity index (χ2v) is 9.59. The molecule has 6 nitrogen and oxygen atoms in total. The Hall–Kier alpha value is -3.40. The van der Waals surface area contributed by atoms with E-state index in [-0.39, 0.29) is 12.5 Å². The van der Waals surface area contributed by atoms with E-state index >= 15 is 0 Å². The Morgan fingerprint density at radius 3 is 2.50 bits per heavy atom. The number of anilines is 2. The Balaban J connectivity index is 1.47. The molecule has 4 rings (SSSR count).